The number of amides is 1. The van der Waals surface area contributed by atoms with Crippen molar-refractivity contribution in [3.63, 3.8) is 0 Å². The molecule has 0 aromatic heterocycles. The fourth-order valence-electron chi connectivity index (χ4n) is 3.59. The van der Waals surface area contributed by atoms with Crippen molar-refractivity contribution in [1.29, 1.82) is 0 Å². The van der Waals surface area contributed by atoms with Gasteiger partial charge in [-0.2, -0.15) is 0 Å². The average Bonchev–Trinajstić information content (AvgIpc) is 2.70. The molecule has 2 saturated heterocycles. The summed E-state index contributed by atoms with van der Waals surface area (Å²) in [5.41, 5.74) is 6.03. The molecule has 0 spiro atoms. The number of nitrogens with zero attached hydrogens (tertiary/aromatic N) is 2. The van der Waals surface area contributed by atoms with Crippen LogP contribution in [-0.4, -0.2) is 55.0 Å². The fourth-order valence-corrected chi connectivity index (χ4v) is 3.59. The van der Waals surface area contributed by atoms with Crippen LogP contribution in [0.3, 0.4) is 0 Å². The van der Waals surface area contributed by atoms with E-state index < -0.39 is 0 Å². The molecule has 0 aliphatic carbocycles. The van der Waals surface area contributed by atoms with Crippen LogP contribution in [0.1, 0.15) is 33.6 Å². The summed E-state index contributed by atoms with van der Waals surface area (Å²) in [5.74, 6) is 1.58. The first-order chi connectivity index (χ1) is 8.92. The normalized spacial score (nSPS) is 36.7. The van der Waals surface area contributed by atoms with Crippen LogP contribution in [0.25, 0.3) is 0 Å². The Balaban J connectivity index is 1.84. The first kappa shape index (κ1) is 14.8. The smallest absolute Gasteiger partial charge is 0.236 e. The maximum Gasteiger partial charge on any atom is 0.236 e. The highest BCUT2D eigenvalue weighted by molar-refractivity contribution is 5.78. The molecule has 4 heteroatoms. The Kier molecular flexibility index (Phi) is 4.51. The van der Waals surface area contributed by atoms with Crippen molar-refractivity contribution in [2.24, 2.45) is 23.0 Å². The molecule has 0 saturated carbocycles. The third-order valence-electron chi connectivity index (χ3n) is 4.71. The Morgan fingerprint density at radius 3 is 2.47 bits per heavy atom. The molecule has 2 aliphatic rings. The maximum atomic E-state index is 12.4. The summed E-state index contributed by atoms with van der Waals surface area (Å²) in [7, 11) is 0. The van der Waals surface area contributed by atoms with E-state index in [9.17, 15) is 4.79 Å². The molecule has 1 amide bonds. The SMILES string of the molecule is CC1CC(C)CN(C(=O)CN2CCC(C)(CN)C2)C1. The van der Waals surface area contributed by atoms with Crippen molar-refractivity contribution in [1.82, 2.24) is 9.80 Å². The highest BCUT2D eigenvalue weighted by Crippen LogP contribution is 2.28. The number of rotatable bonds is 3. The summed E-state index contributed by atoms with van der Waals surface area (Å²) in [4.78, 5) is 16.7. The quantitative estimate of drug-likeness (QED) is 0.835. The van der Waals surface area contributed by atoms with Crippen molar-refractivity contribution in [3.8, 4) is 0 Å². The van der Waals surface area contributed by atoms with Gasteiger partial charge in [0.15, 0.2) is 0 Å². The van der Waals surface area contributed by atoms with Crippen LogP contribution >= 0.6 is 0 Å². The van der Waals surface area contributed by atoms with E-state index in [0.717, 1.165) is 39.1 Å². The lowest BCUT2D eigenvalue weighted by Crippen LogP contribution is -2.47. The second kappa shape index (κ2) is 5.80. The van der Waals surface area contributed by atoms with Crippen LogP contribution in [0.4, 0.5) is 0 Å². The topological polar surface area (TPSA) is 49.6 Å². The predicted octanol–water partition coefficient (Wildman–Crippen LogP) is 1.16. The van der Waals surface area contributed by atoms with Gasteiger partial charge in [-0.1, -0.05) is 20.8 Å². The lowest BCUT2D eigenvalue weighted by molar-refractivity contribution is -0.134. The fraction of sp³-hybridized carbons (Fsp3) is 0.933. The molecule has 2 rings (SSSR count). The zero-order valence-corrected chi connectivity index (χ0v) is 12.7. The van der Waals surface area contributed by atoms with Gasteiger partial charge in [-0.05, 0) is 43.2 Å². The summed E-state index contributed by atoms with van der Waals surface area (Å²) < 4.78 is 0. The second-order valence-corrected chi connectivity index (χ2v) is 7.22. The number of hydrogen-bond donors (Lipinski definition) is 1. The van der Waals surface area contributed by atoms with Crippen LogP contribution in [0.15, 0.2) is 0 Å². The summed E-state index contributed by atoms with van der Waals surface area (Å²) in [6.45, 7) is 11.9. The van der Waals surface area contributed by atoms with E-state index in [-0.39, 0.29) is 5.41 Å². The molecule has 0 bridgehead atoms. The lowest BCUT2D eigenvalue weighted by Gasteiger charge is -2.36. The lowest BCUT2D eigenvalue weighted by atomic mass is 9.90. The van der Waals surface area contributed by atoms with Gasteiger partial charge in [-0.15, -0.1) is 0 Å². The van der Waals surface area contributed by atoms with Crippen LogP contribution in [0, 0.1) is 17.3 Å². The Labute approximate surface area is 117 Å². The van der Waals surface area contributed by atoms with Crippen LogP contribution in [0.2, 0.25) is 0 Å². The van der Waals surface area contributed by atoms with Crippen molar-refractivity contribution in [2.45, 2.75) is 33.6 Å². The first-order valence-electron chi connectivity index (χ1n) is 7.62. The maximum absolute atomic E-state index is 12.4. The first-order valence-corrected chi connectivity index (χ1v) is 7.62. The highest BCUT2D eigenvalue weighted by Gasteiger charge is 2.34. The molecule has 19 heavy (non-hydrogen) atoms. The minimum atomic E-state index is 0.211. The molecule has 3 atom stereocenters. The third-order valence-corrected chi connectivity index (χ3v) is 4.71. The van der Waals surface area contributed by atoms with E-state index in [0.29, 0.717) is 24.3 Å². The van der Waals surface area contributed by atoms with Gasteiger partial charge in [0.1, 0.15) is 0 Å². The summed E-state index contributed by atoms with van der Waals surface area (Å²) in [6.07, 6.45) is 2.36. The van der Waals surface area contributed by atoms with Gasteiger partial charge in [0.2, 0.25) is 5.91 Å². The van der Waals surface area contributed by atoms with E-state index in [4.69, 9.17) is 5.73 Å². The number of carbonyl (C=O) groups excluding carboxylic acids is 1. The van der Waals surface area contributed by atoms with Gasteiger partial charge in [0.25, 0.3) is 0 Å². The van der Waals surface area contributed by atoms with Crippen molar-refractivity contribution < 1.29 is 4.79 Å². The Morgan fingerprint density at radius 2 is 1.95 bits per heavy atom. The molecule has 3 unspecified atom stereocenters. The summed E-state index contributed by atoms with van der Waals surface area (Å²) >= 11 is 0. The van der Waals surface area contributed by atoms with E-state index in [1.807, 2.05) is 0 Å². The van der Waals surface area contributed by atoms with Gasteiger partial charge >= 0.3 is 0 Å². The molecule has 2 aliphatic heterocycles. The standard InChI is InChI=1S/C15H29N3O/c1-12-6-13(2)8-18(7-12)14(19)9-17-5-4-15(3,10-16)11-17/h12-13H,4-11,16H2,1-3H3. The molecule has 0 aromatic carbocycles. The third kappa shape index (κ3) is 3.69. The molecule has 2 fully saturated rings. The molecule has 2 N–H and O–H groups in total. The zero-order chi connectivity index (χ0) is 14.0. The Bertz CT molecular complexity index is 323. The van der Waals surface area contributed by atoms with Crippen molar-refractivity contribution in [3.05, 3.63) is 0 Å². The minimum absolute atomic E-state index is 0.211. The zero-order valence-electron chi connectivity index (χ0n) is 12.7. The van der Waals surface area contributed by atoms with Crippen LogP contribution < -0.4 is 5.73 Å². The molecule has 0 radical (unpaired) electrons. The van der Waals surface area contributed by atoms with E-state index in [1.165, 1.54) is 6.42 Å². The monoisotopic (exact) mass is 267 g/mol. The summed E-state index contributed by atoms with van der Waals surface area (Å²) in [6, 6.07) is 0. The minimum Gasteiger partial charge on any atom is -0.341 e. The molecular weight excluding hydrogens is 238 g/mol. The number of carbonyl (C=O) groups is 1. The van der Waals surface area contributed by atoms with E-state index >= 15 is 0 Å². The van der Waals surface area contributed by atoms with E-state index in [1.54, 1.807) is 0 Å². The van der Waals surface area contributed by atoms with Crippen molar-refractivity contribution >= 4 is 5.91 Å². The van der Waals surface area contributed by atoms with Gasteiger partial charge in [-0.25, -0.2) is 0 Å². The second-order valence-electron chi connectivity index (χ2n) is 7.22. The van der Waals surface area contributed by atoms with Crippen molar-refractivity contribution in [2.75, 3.05) is 39.3 Å². The Morgan fingerprint density at radius 1 is 1.32 bits per heavy atom. The largest absolute Gasteiger partial charge is 0.341 e. The van der Waals surface area contributed by atoms with E-state index in [2.05, 4.69) is 30.6 Å². The van der Waals surface area contributed by atoms with Crippen LogP contribution in [0.5, 0.6) is 0 Å². The molecule has 2 heterocycles. The number of hydrogen-bond acceptors (Lipinski definition) is 3. The molecular formula is C15H29N3O. The number of piperidine rings is 1. The highest BCUT2D eigenvalue weighted by atomic mass is 16.2. The number of likely N-dealkylation sites (tertiary alicyclic amines) is 2. The molecule has 0 aromatic rings. The van der Waals surface area contributed by atoms with Gasteiger partial charge in [0.05, 0.1) is 6.54 Å². The number of nitrogens with two attached hydrogens (primary N) is 1. The summed E-state index contributed by atoms with van der Waals surface area (Å²) in [5, 5.41) is 0. The van der Waals surface area contributed by atoms with Gasteiger partial charge in [-0.3, -0.25) is 9.69 Å². The van der Waals surface area contributed by atoms with Gasteiger partial charge < -0.3 is 10.6 Å². The average molecular weight is 267 g/mol. The van der Waals surface area contributed by atoms with Gasteiger partial charge in [0, 0.05) is 19.6 Å². The Hall–Kier alpha value is -0.610. The predicted molar refractivity (Wildman–Crippen MR) is 77.7 cm³/mol. The molecule has 4 nitrogen and oxygen atoms in total. The molecule has 110 valence electrons. The van der Waals surface area contributed by atoms with Crippen LogP contribution in [-0.2, 0) is 4.79 Å².